The molecule has 1 aromatic carbocycles. The normalized spacial score (nSPS) is 25.2. The molecule has 1 aromatic rings. The van der Waals surface area contributed by atoms with Crippen molar-refractivity contribution in [1.29, 1.82) is 0 Å². The van der Waals surface area contributed by atoms with Crippen molar-refractivity contribution in [1.82, 2.24) is 9.80 Å². The van der Waals surface area contributed by atoms with Gasteiger partial charge < -0.3 is 19.5 Å². The van der Waals surface area contributed by atoms with E-state index in [1.165, 1.54) is 4.90 Å². The van der Waals surface area contributed by atoms with Crippen LogP contribution < -0.4 is 0 Å². The minimum atomic E-state index is -1.02. The Bertz CT molecular complexity index is 761. The second kappa shape index (κ2) is 5.12. The second-order valence-electron chi connectivity index (χ2n) is 6.22. The molecule has 0 aliphatic carbocycles. The van der Waals surface area contributed by atoms with Gasteiger partial charge >= 0.3 is 18.2 Å². The summed E-state index contributed by atoms with van der Waals surface area (Å²) >= 11 is 0. The van der Waals surface area contributed by atoms with Crippen molar-refractivity contribution in [3.8, 4) is 0 Å². The first kappa shape index (κ1) is 14.8. The lowest BCUT2D eigenvalue weighted by Gasteiger charge is -2.41. The number of carbonyl (C=O) groups is 3. The Kier molecular flexibility index (Phi) is 3.16. The van der Waals surface area contributed by atoms with Crippen LogP contribution in [0.5, 0.6) is 0 Å². The van der Waals surface area contributed by atoms with Gasteiger partial charge in [-0.05, 0) is 24.1 Å². The SMILES string of the molecule is Cc1c([C@@H]2CN(C(=O)O)C[C@@H]3COC(=O)N32)ccc2c1COC2=O. The van der Waals surface area contributed by atoms with Crippen molar-refractivity contribution < 1.29 is 29.0 Å². The van der Waals surface area contributed by atoms with Crippen molar-refractivity contribution in [2.24, 2.45) is 0 Å². The van der Waals surface area contributed by atoms with Gasteiger partial charge in [0.1, 0.15) is 13.2 Å². The Morgan fingerprint density at radius 1 is 1.25 bits per heavy atom. The van der Waals surface area contributed by atoms with Gasteiger partial charge in [-0.3, -0.25) is 4.90 Å². The molecule has 2 atom stereocenters. The van der Waals surface area contributed by atoms with Crippen molar-refractivity contribution in [3.05, 3.63) is 34.4 Å². The molecule has 8 nitrogen and oxygen atoms in total. The molecule has 3 aliphatic rings. The molecule has 2 saturated heterocycles. The Balaban J connectivity index is 1.77. The summed E-state index contributed by atoms with van der Waals surface area (Å²) in [7, 11) is 0. The Morgan fingerprint density at radius 2 is 2.04 bits per heavy atom. The maximum atomic E-state index is 12.1. The Hall–Kier alpha value is -2.77. The van der Waals surface area contributed by atoms with Crippen LogP contribution in [0, 0.1) is 6.92 Å². The number of carboxylic acid groups (broad SMARTS) is 1. The first-order chi connectivity index (χ1) is 11.5. The van der Waals surface area contributed by atoms with Crippen molar-refractivity contribution in [2.75, 3.05) is 19.7 Å². The summed E-state index contributed by atoms with van der Waals surface area (Å²) in [5, 5.41) is 9.36. The van der Waals surface area contributed by atoms with E-state index in [0.717, 1.165) is 16.7 Å². The second-order valence-corrected chi connectivity index (χ2v) is 6.22. The van der Waals surface area contributed by atoms with E-state index in [1.807, 2.05) is 6.92 Å². The third kappa shape index (κ3) is 2.02. The molecule has 2 amide bonds. The van der Waals surface area contributed by atoms with E-state index in [9.17, 15) is 19.5 Å². The van der Waals surface area contributed by atoms with Crippen LogP contribution in [-0.2, 0) is 16.1 Å². The van der Waals surface area contributed by atoms with Crippen LogP contribution in [-0.4, -0.2) is 58.8 Å². The molecule has 0 bridgehead atoms. The number of nitrogens with zero attached hydrogens (tertiary/aromatic N) is 2. The van der Waals surface area contributed by atoms with E-state index in [4.69, 9.17) is 9.47 Å². The van der Waals surface area contributed by atoms with E-state index in [-0.39, 0.29) is 38.3 Å². The number of hydrogen-bond acceptors (Lipinski definition) is 5. The lowest BCUT2D eigenvalue weighted by atomic mass is 9.91. The highest BCUT2D eigenvalue weighted by Crippen LogP contribution is 2.37. The molecule has 0 spiro atoms. The maximum Gasteiger partial charge on any atom is 0.410 e. The number of fused-ring (bicyclic) bond motifs is 2. The molecule has 0 radical (unpaired) electrons. The molecule has 24 heavy (non-hydrogen) atoms. The van der Waals surface area contributed by atoms with E-state index < -0.39 is 18.2 Å². The number of benzene rings is 1. The molecular weight excluding hydrogens is 316 g/mol. The molecule has 0 aromatic heterocycles. The first-order valence-corrected chi connectivity index (χ1v) is 7.70. The van der Waals surface area contributed by atoms with Gasteiger partial charge in [-0.15, -0.1) is 0 Å². The van der Waals surface area contributed by atoms with Crippen LogP contribution >= 0.6 is 0 Å². The first-order valence-electron chi connectivity index (χ1n) is 7.70. The zero-order valence-corrected chi connectivity index (χ0v) is 13.0. The van der Waals surface area contributed by atoms with Gasteiger partial charge in [0.05, 0.1) is 17.6 Å². The van der Waals surface area contributed by atoms with Crippen LogP contribution in [0.15, 0.2) is 12.1 Å². The minimum Gasteiger partial charge on any atom is -0.465 e. The topological polar surface area (TPSA) is 96.4 Å². The average molecular weight is 332 g/mol. The summed E-state index contributed by atoms with van der Waals surface area (Å²) in [6, 6.07) is 2.73. The lowest BCUT2D eigenvalue weighted by Crippen LogP contribution is -2.55. The standard InChI is InChI=1S/C16H16N2O6/c1-8-10(2-3-11-12(8)7-23-14(11)19)13-5-17(15(20)21)4-9-6-24-16(22)18(9)13/h2-3,9,13H,4-7H2,1H3,(H,20,21)/t9-,13+/m1/s1. The zero-order chi connectivity index (χ0) is 17.0. The molecule has 0 unspecified atom stereocenters. The van der Waals surface area contributed by atoms with Gasteiger partial charge in [-0.1, -0.05) is 6.07 Å². The van der Waals surface area contributed by atoms with Crippen LogP contribution in [0.1, 0.15) is 33.1 Å². The van der Waals surface area contributed by atoms with Gasteiger partial charge in [0.2, 0.25) is 0 Å². The van der Waals surface area contributed by atoms with Gasteiger partial charge in [0, 0.05) is 18.7 Å². The fraction of sp³-hybridized carbons (Fsp3) is 0.438. The number of cyclic esters (lactones) is 2. The molecule has 126 valence electrons. The summed E-state index contributed by atoms with van der Waals surface area (Å²) in [5.74, 6) is -0.353. The Morgan fingerprint density at radius 3 is 2.79 bits per heavy atom. The van der Waals surface area contributed by atoms with Crippen molar-refractivity contribution >= 4 is 18.2 Å². The van der Waals surface area contributed by atoms with Gasteiger partial charge in [0.15, 0.2) is 0 Å². The van der Waals surface area contributed by atoms with E-state index in [1.54, 1.807) is 17.0 Å². The highest BCUT2D eigenvalue weighted by atomic mass is 16.6. The predicted octanol–water partition coefficient (Wildman–Crippen LogP) is 1.52. The molecule has 4 rings (SSSR count). The van der Waals surface area contributed by atoms with Crippen molar-refractivity contribution in [2.45, 2.75) is 25.6 Å². The summed E-state index contributed by atoms with van der Waals surface area (Å²) < 4.78 is 10.2. The monoisotopic (exact) mass is 332 g/mol. The van der Waals surface area contributed by atoms with Crippen molar-refractivity contribution in [3.63, 3.8) is 0 Å². The van der Waals surface area contributed by atoms with Crippen LogP contribution in [0.4, 0.5) is 9.59 Å². The number of rotatable bonds is 1. The number of piperazine rings is 1. The largest absolute Gasteiger partial charge is 0.465 e. The van der Waals surface area contributed by atoms with E-state index in [2.05, 4.69) is 0 Å². The van der Waals surface area contributed by atoms with Gasteiger partial charge in [0.25, 0.3) is 0 Å². The van der Waals surface area contributed by atoms with Crippen LogP contribution in [0.2, 0.25) is 0 Å². The number of carbonyl (C=O) groups excluding carboxylic acids is 2. The smallest absolute Gasteiger partial charge is 0.410 e. The predicted molar refractivity (Wildman–Crippen MR) is 79.6 cm³/mol. The third-order valence-electron chi connectivity index (χ3n) is 5.00. The van der Waals surface area contributed by atoms with Gasteiger partial charge in [-0.2, -0.15) is 0 Å². The molecule has 1 N–H and O–H groups in total. The fourth-order valence-electron chi connectivity index (χ4n) is 3.75. The summed E-state index contributed by atoms with van der Waals surface area (Å²) in [5.41, 5.74) is 3.01. The summed E-state index contributed by atoms with van der Waals surface area (Å²) in [6.07, 6.45) is -1.45. The molecular formula is C16H16N2O6. The van der Waals surface area contributed by atoms with Crippen LogP contribution in [0.25, 0.3) is 0 Å². The number of hydrogen-bond donors (Lipinski definition) is 1. The summed E-state index contributed by atoms with van der Waals surface area (Å²) in [4.78, 5) is 38.2. The van der Waals surface area contributed by atoms with E-state index in [0.29, 0.717) is 5.56 Å². The van der Waals surface area contributed by atoms with E-state index >= 15 is 0 Å². The number of amides is 2. The molecule has 2 fully saturated rings. The third-order valence-corrected chi connectivity index (χ3v) is 5.00. The number of esters is 1. The molecule has 0 saturated carbocycles. The molecule has 3 aliphatic heterocycles. The molecule has 8 heteroatoms. The fourth-order valence-corrected chi connectivity index (χ4v) is 3.75. The quantitative estimate of drug-likeness (QED) is 0.783. The number of ether oxygens (including phenoxy) is 2. The van der Waals surface area contributed by atoms with Crippen LogP contribution in [0.3, 0.4) is 0 Å². The zero-order valence-electron chi connectivity index (χ0n) is 13.0. The Labute approximate surface area is 137 Å². The van der Waals surface area contributed by atoms with Gasteiger partial charge in [-0.25, -0.2) is 14.4 Å². The molecule has 3 heterocycles. The summed E-state index contributed by atoms with van der Waals surface area (Å²) in [6.45, 7) is 2.67. The lowest BCUT2D eigenvalue weighted by molar-refractivity contribution is 0.0534. The average Bonchev–Trinajstić information content (AvgIpc) is 3.11. The highest BCUT2D eigenvalue weighted by molar-refractivity contribution is 5.94. The highest BCUT2D eigenvalue weighted by Gasteiger charge is 2.46. The minimum absolute atomic E-state index is 0.176. The maximum absolute atomic E-state index is 12.1.